The molecule has 1 saturated heterocycles. The summed E-state index contributed by atoms with van der Waals surface area (Å²) in [5.41, 5.74) is 0.0637. The Morgan fingerprint density at radius 3 is 2.72 bits per heavy atom. The molecule has 1 aromatic carbocycles. The molecule has 0 radical (unpaired) electrons. The molecule has 0 spiro atoms. The van der Waals surface area contributed by atoms with Crippen molar-refractivity contribution in [3.05, 3.63) is 32.8 Å². The molecule has 0 N–H and O–H groups in total. The third kappa shape index (κ3) is 3.43. The van der Waals surface area contributed by atoms with Crippen LogP contribution in [0.1, 0.15) is 12.8 Å². The van der Waals surface area contributed by atoms with Gasteiger partial charge in [-0.15, -0.1) is 0 Å². The van der Waals surface area contributed by atoms with Gasteiger partial charge in [0.1, 0.15) is 12.4 Å². The molecule has 0 unspecified atom stereocenters. The summed E-state index contributed by atoms with van der Waals surface area (Å²) in [4.78, 5) is 12.5. The van der Waals surface area contributed by atoms with Crippen LogP contribution in [-0.4, -0.2) is 36.1 Å². The maximum atomic E-state index is 10.6. The molecule has 0 aliphatic carbocycles. The number of non-ortho nitro benzene ring substituents is 1. The Kier molecular flexibility index (Phi) is 4.54. The van der Waals surface area contributed by atoms with E-state index in [2.05, 4.69) is 20.8 Å². The van der Waals surface area contributed by atoms with Crippen molar-refractivity contribution in [3.63, 3.8) is 0 Å². The number of nitro benzene ring substituents is 1. The van der Waals surface area contributed by atoms with E-state index in [0.29, 0.717) is 16.8 Å². The lowest BCUT2D eigenvalue weighted by Crippen LogP contribution is -2.25. The number of nitrogens with zero attached hydrogens (tertiary/aromatic N) is 2. The molecule has 2 rings (SSSR count). The van der Waals surface area contributed by atoms with Crippen LogP contribution in [0.25, 0.3) is 0 Å². The standard InChI is InChI=1S/C12H15BrN2O3/c13-11-9-10(15(16)17)3-4-12(11)18-8-7-14-5-1-2-6-14/h3-4,9H,1-2,5-8H2. The number of hydrogen-bond acceptors (Lipinski definition) is 4. The Hall–Kier alpha value is -1.14. The third-order valence-electron chi connectivity index (χ3n) is 2.99. The van der Waals surface area contributed by atoms with E-state index in [1.54, 1.807) is 6.07 Å². The molecule has 0 atom stereocenters. The number of ether oxygens (including phenoxy) is 1. The first-order valence-corrected chi connectivity index (χ1v) is 6.75. The predicted octanol–water partition coefficient (Wildman–Crippen LogP) is 2.83. The minimum absolute atomic E-state index is 0.0637. The molecule has 0 aromatic heterocycles. The molecule has 1 aliphatic heterocycles. The number of nitro groups is 1. The first kappa shape index (κ1) is 13.3. The second-order valence-electron chi connectivity index (χ2n) is 4.27. The van der Waals surface area contributed by atoms with Gasteiger partial charge in [-0.05, 0) is 47.9 Å². The SMILES string of the molecule is O=[N+]([O-])c1ccc(OCCN2CCCC2)c(Br)c1. The molecule has 18 heavy (non-hydrogen) atoms. The molecule has 0 bridgehead atoms. The molecular weight excluding hydrogens is 300 g/mol. The molecule has 0 amide bonds. The number of rotatable bonds is 5. The van der Waals surface area contributed by atoms with Crippen molar-refractivity contribution in [2.45, 2.75) is 12.8 Å². The zero-order valence-electron chi connectivity index (χ0n) is 9.97. The summed E-state index contributed by atoms with van der Waals surface area (Å²) in [6.45, 7) is 3.80. The van der Waals surface area contributed by atoms with Gasteiger partial charge in [0.2, 0.25) is 0 Å². The molecule has 1 heterocycles. The topological polar surface area (TPSA) is 55.6 Å². The van der Waals surface area contributed by atoms with Gasteiger partial charge in [0.05, 0.1) is 9.40 Å². The van der Waals surface area contributed by atoms with E-state index in [-0.39, 0.29) is 5.69 Å². The van der Waals surface area contributed by atoms with Gasteiger partial charge in [-0.2, -0.15) is 0 Å². The zero-order valence-corrected chi connectivity index (χ0v) is 11.6. The largest absolute Gasteiger partial charge is 0.491 e. The summed E-state index contributed by atoms with van der Waals surface area (Å²) in [5, 5.41) is 10.6. The van der Waals surface area contributed by atoms with E-state index in [4.69, 9.17) is 4.74 Å². The Bertz CT molecular complexity index is 433. The Morgan fingerprint density at radius 2 is 2.11 bits per heavy atom. The van der Waals surface area contributed by atoms with Crippen LogP contribution in [0, 0.1) is 10.1 Å². The molecular formula is C12H15BrN2O3. The van der Waals surface area contributed by atoms with Gasteiger partial charge in [0.15, 0.2) is 0 Å². The van der Waals surface area contributed by atoms with E-state index >= 15 is 0 Å². The first-order valence-electron chi connectivity index (χ1n) is 5.96. The van der Waals surface area contributed by atoms with Crippen molar-refractivity contribution in [1.29, 1.82) is 0 Å². The van der Waals surface area contributed by atoms with E-state index in [1.165, 1.54) is 25.0 Å². The maximum Gasteiger partial charge on any atom is 0.270 e. The van der Waals surface area contributed by atoms with Crippen molar-refractivity contribution >= 4 is 21.6 Å². The second kappa shape index (κ2) is 6.15. The van der Waals surface area contributed by atoms with Crippen LogP contribution in [0.4, 0.5) is 5.69 Å². The van der Waals surface area contributed by atoms with Gasteiger partial charge in [-0.1, -0.05) is 0 Å². The summed E-state index contributed by atoms with van der Waals surface area (Å²) in [6, 6.07) is 4.55. The molecule has 1 aliphatic rings. The average Bonchev–Trinajstić information content (AvgIpc) is 2.84. The highest BCUT2D eigenvalue weighted by molar-refractivity contribution is 9.10. The van der Waals surface area contributed by atoms with Crippen LogP contribution in [0.5, 0.6) is 5.75 Å². The normalized spacial score (nSPS) is 15.8. The Labute approximate surface area is 114 Å². The van der Waals surface area contributed by atoms with Crippen LogP contribution in [0.3, 0.4) is 0 Å². The lowest BCUT2D eigenvalue weighted by molar-refractivity contribution is -0.385. The quantitative estimate of drug-likeness (QED) is 0.619. The number of likely N-dealkylation sites (tertiary alicyclic amines) is 1. The average molecular weight is 315 g/mol. The van der Waals surface area contributed by atoms with Crippen LogP contribution < -0.4 is 4.74 Å². The summed E-state index contributed by atoms with van der Waals surface area (Å²) in [6.07, 6.45) is 2.53. The fraction of sp³-hybridized carbons (Fsp3) is 0.500. The van der Waals surface area contributed by atoms with Crippen molar-refractivity contribution in [2.75, 3.05) is 26.2 Å². The highest BCUT2D eigenvalue weighted by atomic mass is 79.9. The minimum atomic E-state index is -0.418. The van der Waals surface area contributed by atoms with Crippen molar-refractivity contribution in [3.8, 4) is 5.75 Å². The summed E-state index contributed by atoms with van der Waals surface area (Å²) >= 11 is 3.29. The molecule has 1 aromatic rings. The molecule has 5 nitrogen and oxygen atoms in total. The predicted molar refractivity (Wildman–Crippen MR) is 72.0 cm³/mol. The number of benzene rings is 1. The van der Waals surface area contributed by atoms with Gasteiger partial charge in [0, 0.05) is 18.7 Å². The van der Waals surface area contributed by atoms with Crippen molar-refractivity contribution < 1.29 is 9.66 Å². The van der Waals surface area contributed by atoms with Gasteiger partial charge >= 0.3 is 0 Å². The minimum Gasteiger partial charge on any atom is -0.491 e. The van der Waals surface area contributed by atoms with Gasteiger partial charge in [0.25, 0.3) is 5.69 Å². The molecule has 0 saturated carbocycles. The second-order valence-corrected chi connectivity index (χ2v) is 5.12. The summed E-state index contributed by atoms with van der Waals surface area (Å²) in [7, 11) is 0. The highest BCUT2D eigenvalue weighted by Gasteiger charge is 2.12. The van der Waals surface area contributed by atoms with Crippen molar-refractivity contribution in [1.82, 2.24) is 4.90 Å². The molecule has 6 heteroatoms. The fourth-order valence-electron chi connectivity index (χ4n) is 2.01. The van der Waals surface area contributed by atoms with Gasteiger partial charge in [-0.3, -0.25) is 15.0 Å². The van der Waals surface area contributed by atoms with Gasteiger partial charge < -0.3 is 4.74 Å². The van der Waals surface area contributed by atoms with Crippen LogP contribution in [0.15, 0.2) is 22.7 Å². The lowest BCUT2D eigenvalue weighted by atomic mass is 10.3. The van der Waals surface area contributed by atoms with E-state index < -0.39 is 4.92 Å². The van der Waals surface area contributed by atoms with Crippen LogP contribution in [-0.2, 0) is 0 Å². The number of hydrogen-bond donors (Lipinski definition) is 0. The molecule has 1 fully saturated rings. The van der Waals surface area contributed by atoms with E-state index in [1.807, 2.05) is 0 Å². The summed E-state index contributed by atoms with van der Waals surface area (Å²) < 4.78 is 6.25. The van der Waals surface area contributed by atoms with E-state index in [0.717, 1.165) is 19.6 Å². The smallest absolute Gasteiger partial charge is 0.270 e. The highest BCUT2D eigenvalue weighted by Crippen LogP contribution is 2.29. The molecule has 98 valence electrons. The third-order valence-corrected chi connectivity index (χ3v) is 3.61. The van der Waals surface area contributed by atoms with Crippen LogP contribution in [0.2, 0.25) is 0 Å². The Balaban J connectivity index is 1.87. The van der Waals surface area contributed by atoms with Crippen LogP contribution >= 0.6 is 15.9 Å². The zero-order chi connectivity index (χ0) is 13.0. The summed E-state index contributed by atoms with van der Waals surface area (Å²) in [5.74, 6) is 0.653. The maximum absolute atomic E-state index is 10.6. The monoisotopic (exact) mass is 314 g/mol. The number of halogens is 1. The van der Waals surface area contributed by atoms with Gasteiger partial charge in [-0.25, -0.2) is 0 Å². The first-order chi connectivity index (χ1) is 8.66. The Morgan fingerprint density at radius 1 is 1.39 bits per heavy atom. The lowest BCUT2D eigenvalue weighted by Gasteiger charge is -2.15. The van der Waals surface area contributed by atoms with E-state index in [9.17, 15) is 10.1 Å². The fourth-order valence-corrected chi connectivity index (χ4v) is 2.49. The van der Waals surface area contributed by atoms with Crippen molar-refractivity contribution in [2.24, 2.45) is 0 Å².